The molecule has 0 unspecified atom stereocenters. The predicted octanol–water partition coefficient (Wildman–Crippen LogP) is 3.88. The molecule has 1 aliphatic heterocycles. The number of benzene rings is 1. The Morgan fingerprint density at radius 1 is 1.37 bits per heavy atom. The first-order chi connectivity index (χ1) is 9.04. The Balaban J connectivity index is 1.89. The summed E-state index contributed by atoms with van der Waals surface area (Å²) in [5, 5.41) is 2.95. The van der Waals surface area contributed by atoms with Gasteiger partial charge in [0.15, 0.2) is 0 Å². The minimum absolute atomic E-state index is 0.0494. The summed E-state index contributed by atoms with van der Waals surface area (Å²) < 4.78 is 1.86. The average molecular weight is 390 g/mol. The summed E-state index contributed by atoms with van der Waals surface area (Å²) in [7, 11) is 0. The van der Waals surface area contributed by atoms with Crippen LogP contribution < -0.4 is 5.32 Å². The molecule has 0 bridgehead atoms. The van der Waals surface area contributed by atoms with Crippen LogP contribution in [0, 0.1) is 5.92 Å². The summed E-state index contributed by atoms with van der Waals surface area (Å²) in [4.78, 5) is 14.3. The SMILES string of the molecule is CC1CCN(CC(=O)Nc2cc(Br)ccc2Br)CC1. The molecule has 19 heavy (non-hydrogen) atoms. The van der Waals surface area contributed by atoms with Crippen molar-refractivity contribution in [2.75, 3.05) is 25.0 Å². The van der Waals surface area contributed by atoms with Gasteiger partial charge in [0.25, 0.3) is 0 Å². The van der Waals surface area contributed by atoms with Crippen molar-refractivity contribution in [3.05, 3.63) is 27.1 Å². The maximum atomic E-state index is 12.0. The molecular weight excluding hydrogens is 372 g/mol. The van der Waals surface area contributed by atoms with E-state index in [0.29, 0.717) is 6.54 Å². The Hall–Kier alpha value is -0.390. The number of rotatable bonds is 3. The summed E-state index contributed by atoms with van der Waals surface area (Å²) >= 11 is 6.85. The van der Waals surface area contributed by atoms with Crippen LogP contribution in [0.25, 0.3) is 0 Å². The maximum absolute atomic E-state index is 12.0. The fourth-order valence-corrected chi connectivity index (χ4v) is 2.91. The Morgan fingerprint density at radius 3 is 2.74 bits per heavy atom. The van der Waals surface area contributed by atoms with E-state index in [9.17, 15) is 4.79 Å². The van der Waals surface area contributed by atoms with E-state index in [-0.39, 0.29) is 5.91 Å². The van der Waals surface area contributed by atoms with Gasteiger partial charge < -0.3 is 5.32 Å². The molecule has 1 aliphatic rings. The van der Waals surface area contributed by atoms with Crippen molar-refractivity contribution >= 4 is 43.5 Å². The highest BCUT2D eigenvalue weighted by Gasteiger charge is 2.18. The summed E-state index contributed by atoms with van der Waals surface area (Å²) in [5.41, 5.74) is 0.810. The van der Waals surface area contributed by atoms with Crippen LogP contribution in [0.2, 0.25) is 0 Å². The van der Waals surface area contributed by atoms with Gasteiger partial charge in [0.1, 0.15) is 0 Å². The molecule has 0 radical (unpaired) electrons. The largest absolute Gasteiger partial charge is 0.324 e. The van der Waals surface area contributed by atoms with Crippen LogP contribution in [0.1, 0.15) is 19.8 Å². The second-order valence-corrected chi connectivity index (χ2v) is 6.90. The first-order valence-corrected chi connectivity index (χ1v) is 8.10. The Kier molecular flexibility index (Phi) is 5.42. The molecule has 2 rings (SSSR count). The van der Waals surface area contributed by atoms with Crippen LogP contribution in [-0.2, 0) is 4.79 Å². The number of nitrogens with one attached hydrogen (secondary N) is 1. The number of carbonyl (C=O) groups excluding carboxylic acids is 1. The van der Waals surface area contributed by atoms with Crippen LogP contribution in [0.5, 0.6) is 0 Å². The first-order valence-electron chi connectivity index (χ1n) is 6.52. The molecule has 1 aromatic rings. The first kappa shape index (κ1) is 15.0. The highest BCUT2D eigenvalue weighted by Crippen LogP contribution is 2.26. The molecule has 1 amide bonds. The molecule has 0 atom stereocenters. The summed E-state index contributed by atoms with van der Waals surface area (Å²) in [5.74, 6) is 0.840. The molecule has 5 heteroatoms. The van der Waals surface area contributed by atoms with Crippen LogP contribution >= 0.6 is 31.9 Å². The second-order valence-electron chi connectivity index (χ2n) is 5.13. The average Bonchev–Trinajstić information content (AvgIpc) is 2.37. The van der Waals surface area contributed by atoms with Crippen LogP contribution in [0.15, 0.2) is 27.1 Å². The number of likely N-dealkylation sites (tertiary alicyclic amines) is 1. The normalized spacial score (nSPS) is 17.4. The van der Waals surface area contributed by atoms with E-state index < -0.39 is 0 Å². The topological polar surface area (TPSA) is 32.3 Å². The molecule has 0 aliphatic carbocycles. The lowest BCUT2D eigenvalue weighted by atomic mass is 9.99. The summed E-state index contributed by atoms with van der Waals surface area (Å²) in [6.07, 6.45) is 2.38. The van der Waals surface area contributed by atoms with Gasteiger partial charge in [0, 0.05) is 8.95 Å². The van der Waals surface area contributed by atoms with Crippen molar-refractivity contribution in [1.82, 2.24) is 4.90 Å². The fraction of sp³-hybridized carbons (Fsp3) is 0.500. The zero-order valence-electron chi connectivity index (χ0n) is 11.0. The number of hydrogen-bond acceptors (Lipinski definition) is 2. The third kappa shape index (κ3) is 4.58. The molecular formula is C14H18Br2N2O. The van der Waals surface area contributed by atoms with Crippen molar-refractivity contribution in [3.63, 3.8) is 0 Å². The van der Waals surface area contributed by atoms with Crippen molar-refractivity contribution < 1.29 is 4.79 Å². The van der Waals surface area contributed by atoms with E-state index in [4.69, 9.17) is 0 Å². The van der Waals surface area contributed by atoms with Crippen LogP contribution in [0.3, 0.4) is 0 Å². The fourth-order valence-electron chi connectivity index (χ4n) is 2.21. The summed E-state index contributed by atoms with van der Waals surface area (Å²) in [6.45, 7) is 4.80. The van der Waals surface area contributed by atoms with Gasteiger partial charge in [-0.05, 0) is 66.0 Å². The number of carbonyl (C=O) groups is 1. The van der Waals surface area contributed by atoms with Crippen molar-refractivity contribution in [2.45, 2.75) is 19.8 Å². The van der Waals surface area contributed by atoms with Crippen molar-refractivity contribution in [3.8, 4) is 0 Å². The van der Waals surface area contributed by atoms with Crippen molar-refractivity contribution in [1.29, 1.82) is 0 Å². The zero-order valence-corrected chi connectivity index (χ0v) is 14.1. The number of halogens is 2. The molecule has 3 nitrogen and oxygen atoms in total. The highest BCUT2D eigenvalue weighted by atomic mass is 79.9. The number of nitrogens with zero attached hydrogens (tertiary/aromatic N) is 1. The van der Waals surface area contributed by atoms with E-state index >= 15 is 0 Å². The molecule has 0 aromatic heterocycles. The van der Waals surface area contributed by atoms with Gasteiger partial charge in [-0.25, -0.2) is 0 Å². The quantitative estimate of drug-likeness (QED) is 0.850. The number of hydrogen-bond donors (Lipinski definition) is 1. The van der Waals surface area contributed by atoms with Gasteiger partial charge in [-0.3, -0.25) is 9.69 Å². The molecule has 1 fully saturated rings. The van der Waals surface area contributed by atoms with Gasteiger partial charge in [-0.1, -0.05) is 22.9 Å². The lowest BCUT2D eigenvalue weighted by molar-refractivity contribution is -0.117. The third-order valence-corrected chi connectivity index (χ3v) is 4.63. The minimum Gasteiger partial charge on any atom is -0.324 e. The van der Waals surface area contributed by atoms with Gasteiger partial charge in [-0.2, -0.15) is 0 Å². The standard InChI is InChI=1S/C14H18Br2N2O/c1-10-4-6-18(7-5-10)9-14(19)17-13-8-11(15)2-3-12(13)16/h2-3,8,10H,4-7,9H2,1H3,(H,17,19). The van der Waals surface area contributed by atoms with Gasteiger partial charge in [0.2, 0.25) is 5.91 Å². The number of amides is 1. The third-order valence-electron chi connectivity index (χ3n) is 3.45. The maximum Gasteiger partial charge on any atom is 0.238 e. The Morgan fingerprint density at radius 2 is 2.05 bits per heavy atom. The molecule has 0 spiro atoms. The number of piperidine rings is 1. The molecule has 1 aromatic carbocycles. The van der Waals surface area contributed by atoms with E-state index in [1.54, 1.807) is 0 Å². The van der Waals surface area contributed by atoms with Gasteiger partial charge >= 0.3 is 0 Å². The number of anilines is 1. The Labute approximate surface area is 131 Å². The molecule has 1 saturated heterocycles. The van der Waals surface area contributed by atoms with E-state index in [0.717, 1.165) is 33.6 Å². The molecule has 104 valence electrons. The molecule has 1 N–H and O–H groups in total. The summed E-state index contributed by atoms with van der Waals surface area (Å²) in [6, 6.07) is 5.76. The van der Waals surface area contributed by atoms with E-state index in [1.807, 2.05) is 18.2 Å². The van der Waals surface area contributed by atoms with Crippen LogP contribution in [-0.4, -0.2) is 30.4 Å². The van der Waals surface area contributed by atoms with Gasteiger partial charge in [0.05, 0.1) is 12.2 Å². The van der Waals surface area contributed by atoms with E-state index in [2.05, 4.69) is 49.0 Å². The lowest BCUT2D eigenvalue weighted by Gasteiger charge is -2.29. The molecule has 0 saturated carbocycles. The van der Waals surface area contributed by atoms with Crippen LogP contribution in [0.4, 0.5) is 5.69 Å². The minimum atomic E-state index is 0.0494. The lowest BCUT2D eigenvalue weighted by Crippen LogP contribution is -2.38. The monoisotopic (exact) mass is 388 g/mol. The second kappa shape index (κ2) is 6.86. The van der Waals surface area contributed by atoms with E-state index in [1.165, 1.54) is 12.8 Å². The zero-order chi connectivity index (χ0) is 13.8. The smallest absolute Gasteiger partial charge is 0.238 e. The van der Waals surface area contributed by atoms with Crippen molar-refractivity contribution in [2.24, 2.45) is 5.92 Å². The highest BCUT2D eigenvalue weighted by molar-refractivity contribution is 9.11. The van der Waals surface area contributed by atoms with Gasteiger partial charge in [-0.15, -0.1) is 0 Å². The Bertz CT molecular complexity index is 457. The predicted molar refractivity (Wildman–Crippen MR) is 85.3 cm³/mol. The molecule has 1 heterocycles.